The van der Waals surface area contributed by atoms with E-state index in [4.69, 9.17) is 9.47 Å². The standard InChI is InChI=1S/C22H17NO6/c1-3-10-29-22(27)16-15-11-12(21(26)28-2)8-9-23(15)18-17(16)19(24)13-6-4-5-7-14(13)20(18)25/h4-9,11H,3,10H2,1-2H3. The van der Waals surface area contributed by atoms with E-state index < -0.39 is 17.7 Å². The summed E-state index contributed by atoms with van der Waals surface area (Å²) in [4.78, 5) is 51.2. The van der Waals surface area contributed by atoms with Crippen LogP contribution in [-0.2, 0) is 9.47 Å². The molecule has 0 spiro atoms. The molecule has 146 valence electrons. The van der Waals surface area contributed by atoms with Crippen molar-refractivity contribution in [1.82, 2.24) is 4.40 Å². The molecule has 2 aromatic heterocycles. The van der Waals surface area contributed by atoms with Gasteiger partial charge in [0.05, 0.1) is 35.9 Å². The Balaban J connectivity index is 2.05. The van der Waals surface area contributed by atoms with Gasteiger partial charge in [-0.05, 0) is 18.6 Å². The summed E-state index contributed by atoms with van der Waals surface area (Å²) in [7, 11) is 1.25. The van der Waals surface area contributed by atoms with Gasteiger partial charge in [0.25, 0.3) is 0 Å². The third kappa shape index (κ3) is 2.74. The Morgan fingerprint density at radius 1 is 1.00 bits per heavy atom. The number of pyridine rings is 1. The van der Waals surface area contributed by atoms with E-state index in [1.54, 1.807) is 24.3 Å². The second kappa shape index (κ2) is 7.01. The van der Waals surface area contributed by atoms with Crippen LogP contribution in [0.5, 0.6) is 0 Å². The van der Waals surface area contributed by atoms with Crippen LogP contribution in [0.1, 0.15) is 66.0 Å². The molecule has 0 fully saturated rings. The maximum absolute atomic E-state index is 13.2. The lowest BCUT2D eigenvalue weighted by Crippen LogP contribution is -2.23. The molecule has 1 aromatic carbocycles. The summed E-state index contributed by atoms with van der Waals surface area (Å²) in [5.41, 5.74) is 1.01. The Morgan fingerprint density at radius 3 is 2.34 bits per heavy atom. The number of ether oxygens (including phenoxy) is 2. The first-order valence-corrected chi connectivity index (χ1v) is 9.11. The van der Waals surface area contributed by atoms with Crippen molar-refractivity contribution in [2.75, 3.05) is 13.7 Å². The number of rotatable bonds is 4. The van der Waals surface area contributed by atoms with Gasteiger partial charge in [-0.25, -0.2) is 9.59 Å². The van der Waals surface area contributed by atoms with Crippen LogP contribution in [0.3, 0.4) is 0 Å². The Kier molecular flexibility index (Phi) is 4.50. The first-order valence-electron chi connectivity index (χ1n) is 9.11. The summed E-state index contributed by atoms with van der Waals surface area (Å²) in [5, 5.41) is 0. The van der Waals surface area contributed by atoms with Crippen LogP contribution < -0.4 is 0 Å². The van der Waals surface area contributed by atoms with E-state index in [0.717, 1.165) is 0 Å². The van der Waals surface area contributed by atoms with Gasteiger partial charge in [-0.2, -0.15) is 0 Å². The molecule has 0 aliphatic heterocycles. The number of methoxy groups -OCH3 is 1. The molecule has 0 saturated heterocycles. The quantitative estimate of drug-likeness (QED) is 0.497. The predicted molar refractivity (Wildman–Crippen MR) is 103 cm³/mol. The first-order chi connectivity index (χ1) is 14.0. The molecule has 1 aliphatic rings. The molecule has 3 aromatic rings. The van der Waals surface area contributed by atoms with E-state index in [0.29, 0.717) is 6.42 Å². The molecule has 1 aliphatic carbocycles. The zero-order valence-electron chi connectivity index (χ0n) is 15.9. The number of esters is 2. The van der Waals surface area contributed by atoms with E-state index in [1.165, 1.54) is 29.8 Å². The monoisotopic (exact) mass is 391 g/mol. The van der Waals surface area contributed by atoms with Crippen molar-refractivity contribution in [1.29, 1.82) is 0 Å². The molecule has 0 amide bonds. The van der Waals surface area contributed by atoms with Gasteiger partial charge in [0.15, 0.2) is 5.78 Å². The molecule has 0 bridgehead atoms. The maximum Gasteiger partial charge on any atom is 0.341 e. The van der Waals surface area contributed by atoms with Gasteiger partial charge in [0, 0.05) is 17.3 Å². The van der Waals surface area contributed by atoms with Gasteiger partial charge in [-0.1, -0.05) is 31.2 Å². The predicted octanol–water partition coefficient (Wildman–Crippen LogP) is 3.07. The average Bonchev–Trinajstić information content (AvgIpc) is 3.10. The van der Waals surface area contributed by atoms with E-state index in [9.17, 15) is 19.2 Å². The SMILES string of the molecule is CCCOC(=O)c1c2c(n3ccc(C(=O)OC)cc13)C(=O)c1ccccc1C2=O. The van der Waals surface area contributed by atoms with Crippen molar-refractivity contribution in [2.45, 2.75) is 13.3 Å². The van der Waals surface area contributed by atoms with Crippen LogP contribution in [0.25, 0.3) is 5.52 Å². The number of aromatic nitrogens is 1. The van der Waals surface area contributed by atoms with Gasteiger partial charge in [0.2, 0.25) is 5.78 Å². The minimum Gasteiger partial charge on any atom is -0.465 e. The Bertz CT molecular complexity index is 1200. The fourth-order valence-corrected chi connectivity index (χ4v) is 3.56. The summed E-state index contributed by atoms with van der Waals surface area (Å²) in [5.74, 6) is -2.11. The molecule has 0 radical (unpaired) electrons. The summed E-state index contributed by atoms with van der Waals surface area (Å²) in [6, 6.07) is 9.37. The van der Waals surface area contributed by atoms with Gasteiger partial charge >= 0.3 is 11.9 Å². The fraction of sp³-hybridized carbons (Fsp3) is 0.182. The second-order valence-electron chi connectivity index (χ2n) is 6.60. The average molecular weight is 391 g/mol. The van der Waals surface area contributed by atoms with Crippen molar-refractivity contribution >= 4 is 29.0 Å². The second-order valence-corrected chi connectivity index (χ2v) is 6.60. The Labute approximate surface area is 165 Å². The van der Waals surface area contributed by atoms with Gasteiger partial charge < -0.3 is 13.9 Å². The zero-order chi connectivity index (χ0) is 20.7. The number of carbonyl (C=O) groups is 4. The van der Waals surface area contributed by atoms with Crippen LogP contribution in [0.2, 0.25) is 0 Å². The first kappa shape index (κ1) is 18.6. The molecule has 2 heterocycles. The Morgan fingerprint density at radius 2 is 1.69 bits per heavy atom. The molecular weight excluding hydrogens is 374 g/mol. The van der Waals surface area contributed by atoms with Gasteiger partial charge in [-0.15, -0.1) is 0 Å². The highest BCUT2D eigenvalue weighted by atomic mass is 16.5. The molecule has 29 heavy (non-hydrogen) atoms. The topological polar surface area (TPSA) is 91.2 Å². The molecule has 4 rings (SSSR count). The largest absolute Gasteiger partial charge is 0.465 e. The lowest BCUT2D eigenvalue weighted by atomic mass is 9.86. The molecule has 7 heteroatoms. The minimum absolute atomic E-state index is 0.00295. The smallest absolute Gasteiger partial charge is 0.341 e. The van der Waals surface area contributed by atoms with Gasteiger partial charge in [-0.3, -0.25) is 9.59 Å². The highest BCUT2D eigenvalue weighted by molar-refractivity contribution is 6.31. The van der Waals surface area contributed by atoms with E-state index in [1.807, 2.05) is 6.92 Å². The van der Waals surface area contributed by atoms with Crippen molar-refractivity contribution in [3.8, 4) is 0 Å². The normalized spacial score (nSPS) is 12.5. The third-order valence-corrected chi connectivity index (χ3v) is 4.86. The van der Waals surface area contributed by atoms with Crippen LogP contribution >= 0.6 is 0 Å². The van der Waals surface area contributed by atoms with Crippen LogP contribution in [-0.4, -0.2) is 41.6 Å². The molecular formula is C22H17NO6. The summed E-state index contributed by atoms with van der Waals surface area (Å²) >= 11 is 0. The van der Waals surface area contributed by atoms with E-state index in [2.05, 4.69) is 0 Å². The summed E-state index contributed by atoms with van der Waals surface area (Å²) < 4.78 is 11.5. The van der Waals surface area contributed by atoms with E-state index in [-0.39, 0.29) is 51.4 Å². The molecule has 0 unspecified atom stereocenters. The highest BCUT2D eigenvalue weighted by Gasteiger charge is 2.38. The highest BCUT2D eigenvalue weighted by Crippen LogP contribution is 2.34. The van der Waals surface area contributed by atoms with Gasteiger partial charge in [0.1, 0.15) is 5.69 Å². The number of ketones is 2. The summed E-state index contributed by atoms with van der Waals surface area (Å²) in [6.45, 7) is 2.02. The molecule has 0 N–H and O–H groups in total. The minimum atomic E-state index is -0.715. The third-order valence-electron chi connectivity index (χ3n) is 4.86. The molecule has 0 atom stereocenters. The van der Waals surface area contributed by atoms with Crippen molar-refractivity contribution in [3.05, 3.63) is 76.1 Å². The van der Waals surface area contributed by atoms with Crippen LogP contribution in [0.4, 0.5) is 0 Å². The molecule has 0 saturated carbocycles. The number of nitrogens with zero attached hydrogens (tertiary/aromatic N) is 1. The lowest BCUT2D eigenvalue weighted by Gasteiger charge is -2.15. The fourth-order valence-electron chi connectivity index (χ4n) is 3.56. The van der Waals surface area contributed by atoms with Crippen molar-refractivity contribution in [3.63, 3.8) is 0 Å². The van der Waals surface area contributed by atoms with Crippen LogP contribution in [0, 0.1) is 0 Å². The number of benzene rings is 1. The van der Waals surface area contributed by atoms with Crippen molar-refractivity contribution < 1.29 is 28.7 Å². The Hall–Kier alpha value is -3.74. The number of hydrogen-bond donors (Lipinski definition) is 0. The molecule has 7 nitrogen and oxygen atoms in total. The number of carbonyl (C=O) groups excluding carboxylic acids is 4. The van der Waals surface area contributed by atoms with Crippen molar-refractivity contribution in [2.24, 2.45) is 0 Å². The maximum atomic E-state index is 13.2. The lowest BCUT2D eigenvalue weighted by molar-refractivity contribution is 0.0504. The van der Waals surface area contributed by atoms with Crippen LogP contribution in [0.15, 0.2) is 42.6 Å². The number of hydrogen-bond acceptors (Lipinski definition) is 6. The number of fused-ring (bicyclic) bond motifs is 4. The van der Waals surface area contributed by atoms with E-state index >= 15 is 0 Å². The zero-order valence-corrected chi connectivity index (χ0v) is 15.9. The summed E-state index contributed by atoms with van der Waals surface area (Å²) in [6.07, 6.45) is 2.08.